The van der Waals surface area contributed by atoms with E-state index in [4.69, 9.17) is 0 Å². The Kier molecular flexibility index (Phi) is 5.46. The molecule has 0 heterocycles. The number of hydrogen-bond acceptors (Lipinski definition) is 2. The van der Waals surface area contributed by atoms with Crippen molar-refractivity contribution in [3.8, 4) is 0 Å². The number of anilines is 2. The third-order valence-corrected chi connectivity index (χ3v) is 3.50. The molecule has 0 atom stereocenters. The van der Waals surface area contributed by atoms with Crippen molar-refractivity contribution in [3.63, 3.8) is 0 Å². The number of hydrogen-bond donors (Lipinski definition) is 1. The lowest BCUT2D eigenvalue weighted by Gasteiger charge is -2.22. The van der Waals surface area contributed by atoms with Crippen molar-refractivity contribution >= 4 is 23.2 Å². The second-order valence-electron chi connectivity index (χ2n) is 5.24. The fraction of sp³-hybridized carbons (Fsp3) is 0.222. The van der Waals surface area contributed by atoms with Crippen LogP contribution in [0.15, 0.2) is 48.5 Å². The molecule has 4 nitrogen and oxygen atoms in total. The molecule has 5 heteroatoms. The SMILES string of the molecule is CC(=O)N(CCC(=O)Nc1ccccc1F)c1ccccc1C. The summed E-state index contributed by atoms with van der Waals surface area (Å²) in [7, 11) is 0. The Morgan fingerprint density at radius 3 is 2.39 bits per heavy atom. The van der Waals surface area contributed by atoms with E-state index in [2.05, 4.69) is 5.32 Å². The zero-order valence-corrected chi connectivity index (χ0v) is 13.2. The number of rotatable bonds is 5. The Hall–Kier alpha value is -2.69. The lowest BCUT2D eigenvalue weighted by atomic mass is 10.1. The highest BCUT2D eigenvalue weighted by atomic mass is 19.1. The monoisotopic (exact) mass is 314 g/mol. The van der Waals surface area contributed by atoms with Crippen LogP contribution in [-0.4, -0.2) is 18.4 Å². The molecule has 2 aromatic rings. The van der Waals surface area contributed by atoms with E-state index in [-0.39, 0.29) is 30.5 Å². The first-order valence-corrected chi connectivity index (χ1v) is 7.37. The maximum absolute atomic E-state index is 13.5. The van der Waals surface area contributed by atoms with E-state index in [1.165, 1.54) is 19.1 Å². The number of carbonyl (C=O) groups excluding carboxylic acids is 2. The van der Waals surface area contributed by atoms with Crippen molar-refractivity contribution in [1.82, 2.24) is 0 Å². The Morgan fingerprint density at radius 1 is 1.09 bits per heavy atom. The molecule has 0 saturated carbocycles. The minimum atomic E-state index is -0.483. The highest BCUT2D eigenvalue weighted by Gasteiger charge is 2.15. The molecule has 0 saturated heterocycles. The molecule has 2 aromatic carbocycles. The van der Waals surface area contributed by atoms with Gasteiger partial charge < -0.3 is 10.2 Å². The van der Waals surface area contributed by atoms with Gasteiger partial charge in [-0.05, 0) is 30.7 Å². The van der Waals surface area contributed by atoms with E-state index in [0.29, 0.717) is 0 Å². The van der Waals surface area contributed by atoms with Gasteiger partial charge in [-0.1, -0.05) is 30.3 Å². The number of carbonyl (C=O) groups is 2. The molecule has 0 aromatic heterocycles. The molecule has 2 rings (SSSR count). The third kappa shape index (κ3) is 4.39. The first-order valence-electron chi connectivity index (χ1n) is 7.37. The van der Waals surface area contributed by atoms with Crippen LogP contribution in [0.4, 0.5) is 15.8 Å². The molecular weight excluding hydrogens is 295 g/mol. The first kappa shape index (κ1) is 16.7. The van der Waals surface area contributed by atoms with Gasteiger partial charge in [0.25, 0.3) is 0 Å². The van der Waals surface area contributed by atoms with Gasteiger partial charge in [0.05, 0.1) is 5.69 Å². The van der Waals surface area contributed by atoms with E-state index in [1.54, 1.807) is 17.0 Å². The number of halogens is 1. The lowest BCUT2D eigenvalue weighted by molar-refractivity contribution is -0.117. The predicted molar refractivity (Wildman–Crippen MR) is 88.9 cm³/mol. The van der Waals surface area contributed by atoms with Gasteiger partial charge in [-0.3, -0.25) is 9.59 Å². The van der Waals surface area contributed by atoms with Crippen molar-refractivity contribution in [2.24, 2.45) is 0 Å². The Balaban J connectivity index is 2.02. The van der Waals surface area contributed by atoms with Crippen molar-refractivity contribution in [1.29, 1.82) is 0 Å². The average molecular weight is 314 g/mol. The molecule has 1 N–H and O–H groups in total. The van der Waals surface area contributed by atoms with Crippen LogP contribution in [-0.2, 0) is 9.59 Å². The van der Waals surface area contributed by atoms with Crippen molar-refractivity contribution in [3.05, 3.63) is 59.9 Å². The number of aryl methyl sites for hydroxylation is 1. The smallest absolute Gasteiger partial charge is 0.226 e. The number of amides is 2. The maximum atomic E-state index is 13.5. The molecule has 0 radical (unpaired) electrons. The Labute approximate surface area is 134 Å². The minimum Gasteiger partial charge on any atom is -0.324 e. The average Bonchev–Trinajstić information content (AvgIpc) is 2.51. The summed E-state index contributed by atoms with van der Waals surface area (Å²) in [6.07, 6.45) is 0.0856. The van der Waals surface area contributed by atoms with Gasteiger partial charge in [-0.25, -0.2) is 4.39 Å². The molecule has 2 amide bonds. The molecule has 0 aliphatic heterocycles. The van der Waals surface area contributed by atoms with Crippen LogP contribution >= 0.6 is 0 Å². The second kappa shape index (κ2) is 7.54. The van der Waals surface area contributed by atoms with Gasteiger partial charge in [0.1, 0.15) is 5.82 Å². The van der Waals surface area contributed by atoms with Gasteiger partial charge in [0.15, 0.2) is 0 Å². The summed E-state index contributed by atoms with van der Waals surface area (Å²) in [5.74, 6) is -0.962. The van der Waals surface area contributed by atoms with Crippen LogP contribution in [0.3, 0.4) is 0 Å². The fourth-order valence-electron chi connectivity index (χ4n) is 2.30. The number of nitrogens with one attached hydrogen (secondary N) is 1. The maximum Gasteiger partial charge on any atom is 0.226 e. The summed E-state index contributed by atoms with van der Waals surface area (Å²) in [6, 6.07) is 13.5. The fourth-order valence-corrected chi connectivity index (χ4v) is 2.30. The van der Waals surface area contributed by atoms with Crippen LogP contribution in [0.5, 0.6) is 0 Å². The number of benzene rings is 2. The zero-order valence-electron chi connectivity index (χ0n) is 13.2. The summed E-state index contributed by atoms with van der Waals surface area (Å²) < 4.78 is 13.5. The molecule has 0 aliphatic rings. The number of nitrogens with zero attached hydrogens (tertiary/aromatic N) is 1. The predicted octanol–water partition coefficient (Wildman–Crippen LogP) is 3.52. The van der Waals surface area contributed by atoms with Crippen LogP contribution in [0, 0.1) is 12.7 Å². The Morgan fingerprint density at radius 2 is 1.74 bits per heavy atom. The topological polar surface area (TPSA) is 49.4 Å². The largest absolute Gasteiger partial charge is 0.324 e. The number of para-hydroxylation sites is 2. The molecule has 0 spiro atoms. The van der Waals surface area contributed by atoms with Crippen LogP contribution in [0.2, 0.25) is 0 Å². The summed E-state index contributed by atoms with van der Waals surface area (Å²) in [5, 5.41) is 2.52. The summed E-state index contributed by atoms with van der Waals surface area (Å²) in [5.41, 5.74) is 1.87. The zero-order chi connectivity index (χ0) is 16.8. The van der Waals surface area contributed by atoms with E-state index in [9.17, 15) is 14.0 Å². The van der Waals surface area contributed by atoms with E-state index in [1.807, 2.05) is 31.2 Å². The highest BCUT2D eigenvalue weighted by molar-refractivity contribution is 5.95. The minimum absolute atomic E-state index is 0.0856. The van der Waals surface area contributed by atoms with Crippen molar-refractivity contribution < 1.29 is 14.0 Å². The lowest BCUT2D eigenvalue weighted by Crippen LogP contribution is -2.32. The molecule has 0 fully saturated rings. The summed E-state index contributed by atoms with van der Waals surface area (Å²) >= 11 is 0. The van der Waals surface area contributed by atoms with E-state index < -0.39 is 5.82 Å². The van der Waals surface area contributed by atoms with Gasteiger partial charge in [0, 0.05) is 25.6 Å². The van der Waals surface area contributed by atoms with Crippen molar-refractivity contribution in [2.75, 3.05) is 16.8 Å². The molecule has 120 valence electrons. The summed E-state index contributed by atoms with van der Waals surface area (Å²) in [6.45, 7) is 3.60. The highest BCUT2D eigenvalue weighted by Crippen LogP contribution is 2.20. The van der Waals surface area contributed by atoms with E-state index in [0.717, 1.165) is 11.3 Å². The third-order valence-electron chi connectivity index (χ3n) is 3.50. The normalized spacial score (nSPS) is 10.2. The van der Waals surface area contributed by atoms with Gasteiger partial charge in [0.2, 0.25) is 11.8 Å². The van der Waals surface area contributed by atoms with Gasteiger partial charge >= 0.3 is 0 Å². The van der Waals surface area contributed by atoms with Crippen molar-refractivity contribution in [2.45, 2.75) is 20.3 Å². The molecule has 0 aliphatic carbocycles. The summed E-state index contributed by atoms with van der Waals surface area (Å²) in [4.78, 5) is 25.4. The van der Waals surface area contributed by atoms with Crippen LogP contribution in [0.1, 0.15) is 18.9 Å². The van der Waals surface area contributed by atoms with Gasteiger partial charge in [-0.2, -0.15) is 0 Å². The van der Waals surface area contributed by atoms with Crippen LogP contribution in [0.25, 0.3) is 0 Å². The van der Waals surface area contributed by atoms with E-state index >= 15 is 0 Å². The molecule has 0 unspecified atom stereocenters. The van der Waals surface area contributed by atoms with Gasteiger partial charge in [-0.15, -0.1) is 0 Å². The quantitative estimate of drug-likeness (QED) is 0.918. The second-order valence-corrected chi connectivity index (χ2v) is 5.24. The molecular formula is C18H19FN2O2. The molecule has 0 bridgehead atoms. The first-order chi connectivity index (χ1) is 11.0. The standard InChI is InChI=1S/C18H19FN2O2/c1-13-7-3-6-10-17(13)21(14(2)22)12-11-18(23)20-16-9-5-4-8-15(16)19/h3-10H,11-12H2,1-2H3,(H,20,23). The Bertz CT molecular complexity index is 716. The van der Waals surface area contributed by atoms with Crippen LogP contribution < -0.4 is 10.2 Å². The molecule has 23 heavy (non-hydrogen) atoms.